The van der Waals surface area contributed by atoms with Crippen LogP contribution in [0.4, 0.5) is 0 Å². The number of hydrogen-bond acceptors (Lipinski definition) is 4. The van der Waals surface area contributed by atoms with Gasteiger partial charge in [0.2, 0.25) is 0 Å². The zero-order chi connectivity index (χ0) is 14.1. The van der Waals surface area contributed by atoms with Gasteiger partial charge in [0, 0.05) is 18.0 Å². The summed E-state index contributed by atoms with van der Waals surface area (Å²) in [4.78, 5) is 4.16. The Morgan fingerprint density at radius 3 is 2.60 bits per heavy atom. The number of rotatable bonds is 3. The van der Waals surface area contributed by atoms with Crippen molar-refractivity contribution >= 4 is 5.52 Å². The predicted octanol–water partition coefficient (Wildman–Crippen LogP) is 1.90. The number of aryl methyl sites for hydroxylation is 2. The zero-order valence-corrected chi connectivity index (χ0v) is 11.5. The zero-order valence-electron chi connectivity index (χ0n) is 11.5. The first-order valence-corrected chi connectivity index (χ1v) is 6.50. The van der Waals surface area contributed by atoms with Crippen LogP contribution in [0.15, 0.2) is 43.0 Å². The van der Waals surface area contributed by atoms with Crippen LogP contribution in [0.3, 0.4) is 0 Å². The second kappa shape index (κ2) is 5.03. The molecule has 0 aliphatic heterocycles. The fourth-order valence-corrected chi connectivity index (χ4v) is 2.62. The molecule has 0 saturated carbocycles. The van der Waals surface area contributed by atoms with E-state index in [1.165, 1.54) is 11.1 Å². The molecule has 0 aliphatic rings. The number of nitrogens with one attached hydrogen (secondary N) is 1. The highest BCUT2D eigenvalue weighted by Crippen LogP contribution is 2.26. The van der Waals surface area contributed by atoms with Crippen LogP contribution in [0.5, 0.6) is 0 Å². The van der Waals surface area contributed by atoms with Crippen LogP contribution < -0.4 is 11.3 Å². The van der Waals surface area contributed by atoms with Crippen LogP contribution in [-0.4, -0.2) is 14.6 Å². The number of benzene rings is 1. The number of fused-ring (bicyclic) bond motifs is 1. The molecule has 0 bridgehead atoms. The topological polar surface area (TPSA) is 68.2 Å². The summed E-state index contributed by atoms with van der Waals surface area (Å²) >= 11 is 0. The van der Waals surface area contributed by atoms with Crippen LogP contribution in [0.1, 0.15) is 28.3 Å². The Labute approximate surface area is 117 Å². The first kappa shape index (κ1) is 12.8. The molecule has 102 valence electrons. The molecule has 0 amide bonds. The molecule has 5 heteroatoms. The number of hydrogen-bond donors (Lipinski definition) is 2. The number of nitrogens with two attached hydrogens (primary N) is 1. The van der Waals surface area contributed by atoms with Gasteiger partial charge in [0.15, 0.2) is 0 Å². The minimum Gasteiger partial charge on any atom is -0.271 e. The molecular weight excluding hydrogens is 250 g/mol. The molecule has 3 N–H and O–H groups in total. The fourth-order valence-electron chi connectivity index (χ4n) is 2.62. The Morgan fingerprint density at radius 1 is 1.15 bits per heavy atom. The lowest BCUT2D eigenvalue weighted by Crippen LogP contribution is -2.28. The van der Waals surface area contributed by atoms with Crippen molar-refractivity contribution in [1.29, 1.82) is 0 Å². The van der Waals surface area contributed by atoms with Gasteiger partial charge in [-0.25, -0.2) is 9.94 Å². The third-order valence-electron chi connectivity index (χ3n) is 3.41. The molecule has 1 unspecified atom stereocenters. The van der Waals surface area contributed by atoms with Crippen molar-refractivity contribution in [3.63, 3.8) is 0 Å². The summed E-state index contributed by atoms with van der Waals surface area (Å²) in [6.45, 7) is 4.17. The molecule has 1 atom stereocenters. The van der Waals surface area contributed by atoms with Gasteiger partial charge >= 0.3 is 0 Å². The van der Waals surface area contributed by atoms with E-state index in [0.717, 1.165) is 16.6 Å². The Bertz CT molecular complexity index is 727. The molecule has 1 aromatic carbocycles. The minimum absolute atomic E-state index is 0.102. The van der Waals surface area contributed by atoms with E-state index in [-0.39, 0.29) is 6.04 Å². The van der Waals surface area contributed by atoms with Gasteiger partial charge in [0.05, 0.1) is 24.0 Å². The maximum atomic E-state index is 5.78. The largest absolute Gasteiger partial charge is 0.271 e. The Kier molecular flexibility index (Phi) is 3.22. The monoisotopic (exact) mass is 267 g/mol. The normalized spacial score (nSPS) is 12.8. The number of nitrogens with zero attached hydrogens (tertiary/aromatic N) is 3. The number of aromatic nitrogens is 3. The van der Waals surface area contributed by atoms with E-state index >= 15 is 0 Å². The lowest BCUT2D eigenvalue weighted by Gasteiger charge is -2.16. The molecule has 5 nitrogen and oxygen atoms in total. The van der Waals surface area contributed by atoms with Gasteiger partial charge < -0.3 is 0 Å². The van der Waals surface area contributed by atoms with Gasteiger partial charge in [-0.2, -0.15) is 5.10 Å². The maximum absolute atomic E-state index is 5.78. The van der Waals surface area contributed by atoms with Gasteiger partial charge in [-0.05, 0) is 19.4 Å². The lowest BCUT2D eigenvalue weighted by molar-refractivity contribution is 0.639. The summed E-state index contributed by atoms with van der Waals surface area (Å²) in [6, 6.07) is 6.32. The van der Waals surface area contributed by atoms with Crippen LogP contribution in [0, 0.1) is 13.8 Å². The van der Waals surface area contributed by atoms with Gasteiger partial charge in [-0.3, -0.25) is 10.8 Å². The highest BCUT2D eigenvalue weighted by Gasteiger charge is 2.17. The van der Waals surface area contributed by atoms with E-state index in [0.29, 0.717) is 0 Å². The van der Waals surface area contributed by atoms with Crippen molar-refractivity contribution < 1.29 is 0 Å². The fraction of sp³-hybridized carbons (Fsp3) is 0.200. The maximum Gasteiger partial charge on any atom is 0.0896 e. The van der Waals surface area contributed by atoms with Crippen molar-refractivity contribution in [2.24, 2.45) is 5.84 Å². The van der Waals surface area contributed by atoms with Gasteiger partial charge in [-0.1, -0.05) is 29.3 Å². The standard InChI is InChI=1S/C15H17N5/c1-10-5-11(2)7-12(6-10)15(19-16)13-8-18-20-4-3-17-9-14(13)20/h3-9,15,19H,16H2,1-2H3. The number of hydrazine groups is 1. The van der Waals surface area contributed by atoms with Gasteiger partial charge in [-0.15, -0.1) is 0 Å². The first-order valence-electron chi connectivity index (χ1n) is 6.50. The molecule has 0 fully saturated rings. The van der Waals surface area contributed by atoms with Gasteiger partial charge in [0.1, 0.15) is 0 Å². The first-order chi connectivity index (χ1) is 9.69. The molecule has 0 spiro atoms. The summed E-state index contributed by atoms with van der Waals surface area (Å²) in [5.74, 6) is 5.78. The SMILES string of the molecule is Cc1cc(C)cc(C(NN)c2cnn3ccncc23)c1. The molecule has 0 radical (unpaired) electrons. The highest BCUT2D eigenvalue weighted by molar-refractivity contribution is 5.56. The Hall–Kier alpha value is -2.24. The smallest absolute Gasteiger partial charge is 0.0896 e. The predicted molar refractivity (Wildman–Crippen MR) is 78.1 cm³/mol. The molecule has 2 aromatic heterocycles. The summed E-state index contributed by atoms with van der Waals surface area (Å²) < 4.78 is 1.80. The van der Waals surface area contributed by atoms with Crippen molar-refractivity contribution in [2.75, 3.05) is 0 Å². The van der Waals surface area contributed by atoms with E-state index < -0.39 is 0 Å². The highest BCUT2D eigenvalue weighted by atomic mass is 15.3. The van der Waals surface area contributed by atoms with E-state index in [4.69, 9.17) is 5.84 Å². The van der Waals surface area contributed by atoms with E-state index in [1.54, 1.807) is 16.9 Å². The average Bonchev–Trinajstić information content (AvgIpc) is 2.83. The van der Waals surface area contributed by atoms with Crippen molar-refractivity contribution in [3.05, 3.63) is 65.2 Å². The summed E-state index contributed by atoms with van der Waals surface area (Å²) in [7, 11) is 0. The van der Waals surface area contributed by atoms with E-state index in [2.05, 4.69) is 47.6 Å². The van der Waals surface area contributed by atoms with E-state index in [9.17, 15) is 0 Å². The minimum atomic E-state index is -0.102. The third kappa shape index (κ3) is 2.17. The molecule has 2 heterocycles. The summed E-state index contributed by atoms with van der Waals surface area (Å²) in [6.07, 6.45) is 7.17. The molecule has 20 heavy (non-hydrogen) atoms. The quantitative estimate of drug-likeness (QED) is 0.562. The van der Waals surface area contributed by atoms with Crippen molar-refractivity contribution in [2.45, 2.75) is 19.9 Å². The lowest BCUT2D eigenvalue weighted by atomic mass is 9.97. The molecule has 3 rings (SSSR count). The van der Waals surface area contributed by atoms with Crippen molar-refractivity contribution in [1.82, 2.24) is 20.0 Å². The molecular formula is C15H17N5. The van der Waals surface area contributed by atoms with Crippen LogP contribution in [-0.2, 0) is 0 Å². The molecule has 0 saturated heterocycles. The van der Waals surface area contributed by atoms with Gasteiger partial charge in [0.25, 0.3) is 0 Å². The van der Waals surface area contributed by atoms with Crippen LogP contribution in [0.2, 0.25) is 0 Å². The summed E-state index contributed by atoms with van der Waals surface area (Å²) in [5, 5.41) is 4.34. The van der Waals surface area contributed by atoms with Crippen LogP contribution in [0.25, 0.3) is 5.52 Å². The third-order valence-corrected chi connectivity index (χ3v) is 3.41. The van der Waals surface area contributed by atoms with E-state index in [1.807, 2.05) is 12.4 Å². The second-order valence-electron chi connectivity index (χ2n) is 5.03. The van der Waals surface area contributed by atoms with Crippen LogP contribution >= 0.6 is 0 Å². The molecule has 3 aromatic rings. The second-order valence-corrected chi connectivity index (χ2v) is 5.03. The van der Waals surface area contributed by atoms with Crippen molar-refractivity contribution in [3.8, 4) is 0 Å². The Morgan fingerprint density at radius 2 is 1.90 bits per heavy atom. The Balaban J connectivity index is 2.14. The average molecular weight is 267 g/mol. The summed E-state index contributed by atoms with van der Waals surface area (Å²) in [5.41, 5.74) is 8.42. The molecule has 0 aliphatic carbocycles.